The molecule has 0 bridgehead atoms. The minimum absolute atomic E-state index is 0.0465. The summed E-state index contributed by atoms with van der Waals surface area (Å²) in [5, 5.41) is 13.7. The van der Waals surface area contributed by atoms with Gasteiger partial charge in [-0.05, 0) is 74.2 Å². The van der Waals surface area contributed by atoms with Crippen LogP contribution in [0.3, 0.4) is 0 Å². The van der Waals surface area contributed by atoms with Gasteiger partial charge in [-0.25, -0.2) is 31.5 Å². The zero-order valence-corrected chi connectivity index (χ0v) is 36.6. The number of carbonyl (C=O) groups is 2. The zero-order valence-electron chi connectivity index (χ0n) is 34.9. The van der Waals surface area contributed by atoms with Gasteiger partial charge in [0, 0.05) is 36.5 Å². The van der Waals surface area contributed by atoms with Gasteiger partial charge >= 0.3 is 0 Å². The van der Waals surface area contributed by atoms with E-state index in [2.05, 4.69) is 31.8 Å². The predicted molar refractivity (Wildman–Crippen MR) is 236 cm³/mol. The number of aryl methyl sites for hydroxylation is 1. The van der Waals surface area contributed by atoms with Gasteiger partial charge in [0.25, 0.3) is 23.1 Å². The quantitative estimate of drug-likeness (QED) is 0.0389. The molecule has 19 heteroatoms. The number of amides is 2. The highest BCUT2D eigenvalue weighted by Gasteiger charge is 2.29. The van der Waals surface area contributed by atoms with Gasteiger partial charge in [0.2, 0.25) is 20.0 Å². The summed E-state index contributed by atoms with van der Waals surface area (Å²) < 4.78 is 60.2. The Morgan fingerprint density at radius 1 is 0.918 bits per heavy atom. The van der Waals surface area contributed by atoms with E-state index in [1.165, 1.54) is 51.0 Å². The fourth-order valence-electron chi connectivity index (χ4n) is 7.28. The van der Waals surface area contributed by atoms with Gasteiger partial charge in [-0.1, -0.05) is 64.7 Å². The molecule has 0 unspecified atom stereocenters. The first-order valence-corrected chi connectivity index (χ1v) is 24.0. The number of methoxy groups -OCH3 is 1. The van der Waals surface area contributed by atoms with Gasteiger partial charge in [-0.2, -0.15) is 3.97 Å². The number of ether oxygens (including phenoxy) is 1. The Hall–Kier alpha value is -5.69. The fraction of sp³-hybridized carbons (Fsp3) is 0.452. The van der Waals surface area contributed by atoms with E-state index < -0.39 is 59.6 Å². The Bertz CT molecular complexity index is 2590. The van der Waals surface area contributed by atoms with Crippen molar-refractivity contribution < 1.29 is 36.1 Å². The van der Waals surface area contributed by atoms with Crippen LogP contribution in [0.5, 0.6) is 5.75 Å². The standard InChI is InChI=1S/C42H53N7O10S2/c1-5-7-8-9-10-11-12-13-14-15-25-61(57,58)46-40(50)30-18-23-37(59-3)35(27-30)45-41(51)38(43-31-19-22-36-29(26-31)17-16-24-47(36)6-2)39-44-34-21-20-32(49(53)54)28-33(34)42(52)48(39)60(4,55)56/h18-23,26-28H,5-17,24-25H2,1-4H3,(H,45,51)(H,46,50)/b43-38+. The third kappa shape index (κ3) is 12.0. The number of aliphatic imine (C=N–C) groups is 1. The molecule has 0 fully saturated rings. The molecule has 2 heterocycles. The van der Waals surface area contributed by atoms with Crippen LogP contribution in [0.2, 0.25) is 0 Å². The number of non-ortho nitro benzene ring substituents is 1. The molecule has 61 heavy (non-hydrogen) atoms. The number of unbranched alkanes of at least 4 members (excludes halogenated alkanes) is 9. The van der Waals surface area contributed by atoms with Crippen LogP contribution in [0.1, 0.15) is 106 Å². The van der Waals surface area contributed by atoms with Gasteiger partial charge in [-0.15, -0.1) is 0 Å². The summed E-state index contributed by atoms with van der Waals surface area (Å²) in [7, 11) is -7.26. The minimum atomic E-state index is -4.55. The number of hydrogen-bond acceptors (Lipinski definition) is 13. The summed E-state index contributed by atoms with van der Waals surface area (Å²) in [6.45, 7) is 5.81. The second-order valence-electron chi connectivity index (χ2n) is 15.0. The van der Waals surface area contributed by atoms with Gasteiger partial charge < -0.3 is 15.0 Å². The van der Waals surface area contributed by atoms with E-state index in [0.29, 0.717) is 25.5 Å². The Labute approximate surface area is 355 Å². The van der Waals surface area contributed by atoms with Crippen LogP contribution in [-0.2, 0) is 31.3 Å². The van der Waals surface area contributed by atoms with Crippen molar-refractivity contribution in [1.29, 1.82) is 0 Å². The molecule has 17 nitrogen and oxygen atoms in total. The summed E-state index contributed by atoms with van der Waals surface area (Å²) in [6, 6.07) is 12.2. The molecule has 2 amide bonds. The van der Waals surface area contributed by atoms with E-state index in [4.69, 9.17) is 4.74 Å². The number of nitro groups is 1. The molecule has 2 N–H and O–H groups in total. The molecule has 0 radical (unpaired) electrons. The SMILES string of the molecule is CCCCCCCCCCCCS(=O)(=O)NC(=O)c1ccc(OC)c(NC(=O)/C(=N/c2ccc3c(c2)CCCN3CC)c2nc3ccc([N+](=O)[O-])cc3c(=O)n2S(C)(=O)=O)c1. The number of nitrogens with one attached hydrogen (secondary N) is 2. The van der Waals surface area contributed by atoms with E-state index in [1.54, 1.807) is 12.1 Å². The summed E-state index contributed by atoms with van der Waals surface area (Å²) in [5.41, 5.74) is -0.600. The Balaban J connectivity index is 1.47. The normalized spacial score (nSPS) is 13.2. The van der Waals surface area contributed by atoms with Crippen molar-refractivity contribution in [2.45, 2.75) is 90.9 Å². The number of anilines is 2. The first-order valence-electron chi connectivity index (χ1n) is 20.5. The lowest BCUT2D eigenvalue weighted by Crippen LogP contribution is -2.37. The first kappa shape index (κ1) is 46.4. The van der Waals surface area contributed by atoms with Crippen LogP contribution in [0.25, 0.3) is 10.9 Å². The fourth-order valence-corrected chi connectivity index (χ4v) is 9.21. The van der Waals surface area contributed by atoms with Crippen LogP contribution in [0, 0.1) is 10.1 Å². The maximum Gasteiger partial charge on any atom is 0.278 e. The van der Waals surface area contributed by atoms with Gasteiger partial charge in [-0.3, -0.25) is 24.5 Å². The Morgan fingerprint density at radius 2 is 1.61 bits per heavy atom. The van der Waals surface area contributed by atoms with Crippen molar-refractivity contribution in [3.8, 4) is 5.75 Å². The number of rotatable bonds is 21. The summed E-state index contributed by atoms with van der Waals surface area (Å²) in [4.78, 5) is 63.6. The highest BCUT2D eigenvalue weighted by atomic mass is 32.2. The van der Waals surface area contributed by atoms with Crippen molar-refractivity contribution in [1.82, 2.24) is 13.7 Å². The molecule has 328 valence electrons. The summed E-state index contributed by atoms with van der Waals surface area (Å²) in [6.07, 6.45) is 12.4. The van der Waals surface area contributed by atoms with Crippen LogP contribution in [0.15, 0.2) is 64.4 Å². The number of sulfonamides is 1. The number of hydrogen-bond donors (Lipinski definition) is 2. The smallest absolute Gasteiger partial charge is 0.278 e. The monoisotopic (exact) mass is 879 g/mol. The summed E-state index contributed by atoms with van der Waals surface area (Å²) >= 11 is 0. The zero-order chi connectivity index (χ0) is 44.3. The van der Waals surface area contributed by atoms with Crippen LogP contribution in [-0.4, -0.2) is 80.4 Å². The average molecular weight is 880 g/mol. The third-order valence-electron chi connectivity index (χ3n) is 10.4. The van der Waals surface area contributed by atoms with Gasteiger partial charge in [0.1, 0.15) is 5.75 Å². The molecule has 0 spiro atoms. The molecule has 5 rings (SSSR count). The number of benzene rings is 3. The lowest BCUT2D eigenvalue weighted by Gasteiger charge is -2.30. The van der Waals surface area contributed by atoms with E-state index in [9.17, 15) is 41.3 Å². The number of aromatic nitrogens is 2. The molecule has 1 aliphatic heterocycles. The molecule has 0 saturated heterocycles. The van der Waals surface area contributed by atoms with Crippen LogP contribution >= 0.6 is 0 Å². The van der Waals surface area contributed by atoms with E-state index in [0.717, 1.165) is 74.6 Å². The number of nitrogens with zero attached hydrogens (tertiary/aromatic N) is 5. The molecule has 4 aromatic rings. The average Bonchev–Trinajstić information content (AvgIpc) is 3.22. The third-order valence-corrected chi connectivity index (χ3v) is 12.7. The second-order valence-corrected chi connectivity index (χ2v) is 18.7. The number of carbonyl (C=O) groups excluding carboxylic acids is 2. The Kier molecular flexibility index (Phi) is 15.8. The van der Waals surface area contributed by atoms with E-state index in [1.807, 2.05) is 13.0 Å². The highest BCUT2D eigenvalue weighted by Crippen LogP contribution is 2.32. The molecular formula is C42H53N7O10S2. The van der Waals surface area contributed by atoms with Gasteiger partial charge in [0.15, 0.2) is 11.5 Å². The number of fused-ring (bicyclic) bond motifs is 2. The van der Waals surface area contributed by atoms with Crippen molar-refractivity contribution >= 4 is 71.2 Å². The molecule has 1 aromatic heterocycles. The Morgan fingerprint density at radius 3 is 2.25 bits per heavy atom. The molecule has 3 aromatic carbocycles. The van der Waals surface area contributed by atoms with Crippen LogP contribution < -0.4 is 25.2 Å². The van der Waals surface area contributed by atoms with Crippen molar-refractivity contribution in [2.75, 3.05) is 42.4 Å². The maximum atomic E-state index is 14.5. The molecule has 1 aliphatic rings. The summed E-state index contributed by atoms with van der Waals surface area (Å²) in [5.74, 6) is -2.92. The molecular weight excluding hydrogens is 827 g/mol. The molecule has 0 aliphatic carbocycles. The largest absolute Gasteiger partial charge is 0.495 e. The van der Waals surface area contributed by atoms with E-state index in [-0.39, 0.29) is 43.3 Å². The topological polar surface area (TPSA) is 229 Å². The predicted octanol–water partition coefficient (Wildman–Crippen LogP) is 6.63. The molecule has 0 saturated carbocycles. The highest BCUT2D eigenvalue weighted by molar-refractivity contribution is 7.90. The second kappa shape index (κ2) is 20.7. The lowest BCUT2D eigenvalue weighted by atomic mass is 10.0. The van der Waals surface area contributed by atoms with Crippen molar-refractivity contribution in [2.24, 2.45) is 4.99 Å². The van der Waals surface area contributed by atoms with E-state index >= 15 is 0 Å². The maximum absolute atomic E-state index is 14.5. The van der Waals surface area contributed by atoms with Crippen molar-refractivity contribution in [3.63, 3.8) is 0 Å². The minimum Gasteiger partial charge on any atom is -0.495 e. The number of nitro benzene ring substituents is 1. The van der Waals surface area contributed by atoms with Crippen molar-refractivity contribution in [3.05, 3.63) is 92.0 Å². The lowest BCUT2D eigenvalue weighted by molar-refractivity contribution is -0.384. The first-order chi connectivity index (χ1) is 29.1. The molecule has 0 atom stereocenters. The van der Waals surface area contributed by atoms with Crippen LogP contribution in [0.4, 0.5) is 22.7 Å². The van der Waals surface area contributed by atoms with Gasteiger partial charge in [0.05, 0.1) is 46.3 Å².